The molecule has 0 saturated heterocycles. The average molecular weight is 261 g/mol. The largest absolute Gasteiger partial charge is 0.476 e. The monoisotopic (exact) mass is 261 g/mol. The van der Waals surface area contributed by atoms with E-state index in [-0.39, 0.29) is 5.69 Å². The van der Waals surface area contributed by atoms with Gasteiger partial charge in [0.15, 0.2) is 5.69 Å². The summed E-state index contributed by atoms with van der Waals surface area (Å²) in [6, 6.07) is 0. The van der Waals surface area contributed by atoms with E-state index in [0.29, 0.717) is 5.82 Å². The molecule has 2 heterocycles. The van der Waals surface area contributed by atoms with Crippen LogP contribution in [0.4, 0.5) is 5.82 Å². The van der Waals surface area contributed by atoms with E-state index in [2.05, 4.69) is 24.8 Å². The van der Waals surface area contributed by atoms with Gasteiger partial charge in [0.1, 0.15) is 11.6 Å². The standard InChI is InChI=1S/C12H15N5O2/c1-9-13-4-6-17(9)5-2-3-14-11-8-15-10(7-16-11)12(18)19/h4,6-8H,2-3,5H2,1H3,(H,14,16)(H,18,19). The number of hydrogen-bond acceptors (Lipinski definition) is 5. The van der Waals surface area contributed by atoms with Crippen LogP contribution in [0.2, 0.25) is 0 Å². The number of anilines is 1. The van der Waals surface area contributed by atoms with Crippen molar-refractivity contribution in [2.24, 2.45) is 0 Å². The van der Waals surface area contributed by atoms with Gasteiger partial charge in [0.05, 0.1) is 12.4 Å². The van der Waals surface area contributed by atoms with Gasteiger partial charge in [0.25, 0.3) is 0 Å². The topological polar surface area (TPSA) is 92.9 Å². The minimum absolute atomic E-state index is 0.0559. The highest BCUT2D eigenvalue weighted by Crippen LogP contribution is 2.02. The number of nitrogens with one attached hydrogen (secondary N) is 1. The van der Waals surface area contributed by atoms with Crippen LogP contribution < -0.4 is 5.32 Å². The molecule has 0 spiro atoms. The average Bonchev–Trinajstić information content (AvgIpc) is 2.81. The van der Waals surface area contributed by atoms with E-state index in [4.69, 9.17) is 5.11 Å². The lowest BCUT2D eigenvalue weighted by molar-refractivity contribution is 0.0690. The zero-order valence-corrected chi connectivity index (χ0v) is 10.6. The summed E-state index contributed by atoms with van der Waals surface area (Å²) in [6.07, 6.45) is 7.30. The fourth-order valence-corrected chi connectivity index (χ4v) is 1.64. The molecule has 2 aromatic heterocycles. The smallest absolute Gasteiger partial charge is 0.356 e. The number of aryl methyl sites for hydroxylation is 2. The van der Waals surface area contributed by atoms with Crippen molar-refractivity contribution in [2.45, 2.75) is 19.9 Å². The van der Waals surface area contributed by atoms with Crippen LogP contribution in [-0.2, 0) is 6.54 Å². The van der Waals surface area contributed by atoms with Gasteiger partial charge in [-0.05, 0) is 13.3 Å². The Morgan fingerprint density at radius 1 is 1.37 bits per heavy atom. The minimum Gasteiger partial charge on any atom is -0.476 e. The Balaban J connectivity index is 1.76. The van der Waals surface area contributed by atoms with Crippen LogP contribution in [0.3, 0.4) is 0 Å². The van der Waals surface area contributed by atoms with Crippen molar-refractivity contribution >= 4 is 11.8 Å². The van der Waals surface area contributed by atoms with E-state index < -0.39 is 5.97 Å². The highest BCUT2D eigenvalue weighted by atomic mass is 16.4. The van der Waals surface area contributed by atoms with Crippen molar-refractivity contribution in [1.82, 2.24) is 19.5 Å². The second-order valence-electron chi connectivity index (χ2n) is 4.04. The van der Waals surface area contributed by atoms with E-state index in [1.54, 1.807) is 6.20 Å². The van der Waals surface area contributed by atoms with Crippen molar-refractivity contribution in [3.63, 3.8) is 0 Å². The van der Waals surface area contributed by atoms with Gasteiger partial charge in [-0.15, -0.1) is 0 Å². The molecule has 19 heavy (non-hydrogen) atoms. The third kappa shape index (κ3) is 3.51. The maximum absolute atomic E-state index is 10.6. The summed E-state index contributed by atoms with van der Waals surface area (Å²) in [6.45, 7) is 3.57. The molecule has 2 rings (SSSR count). The third-order valence-corrected chi connectivity index (χ3v) is 2.68. The van der Waals surface area contributed by atoms with E-state index in [1.807, 2.05) is 13.1 Å². The number of carboxylic acids is 1. The van der Waals surface area contributed by atoms with Gasteiger partial charge >= 0.3 is 5.97 Å². The molecule has 0 aliphatic carbocycles. The number of carboxylic acid groups (broad SMARTS) is 1. The number of hydrogen-bond donors (Lipinski definition) is 2. The first-order chi connectivity index (χ1) is 9.16. The van der Waals surface area contributed by atoms with Gasteiger partial charge in [-0.2, -0.15) is 0 Å². The zero-order valence-electron chi connectivity index (χ0n) is 10.6. The second-order valence-corrected chi connectivity index (χ2v) is 4.04. The zero-order chi connectivity index (χ0) is 13.7. The van der Waals surface area contributed by atoms with Crippen molar-refractivity contribution in [2.75, 3.05) is 11.9 Å². The Bertz CT molecular complexity index is 550. The Morgan fingerprint density at radius 3 is 2.79 bits per heavy atom. The molecule has 0 aliphatic rings. The van der Waals surface area contributed by atoms with Gasteiger partial charge in [0.2, 0.25) is 0 Å². The number of aromatic carboxylic acids is 1. The van der Waals surface area contributed by atoms with Crippen LogP contribution in [0.1, 0.15) is 22.7 Å². The SMILES string of the molecule is Cc1nccn1CCCNc1cnc(C(=O)O)cn1. The lowest BCUT2D eigenvalue weighted by atomic mass is 10.4. The molecular formula is C12H15N5O2. The Kier molecular flexibility index (Phi) is 4.07. The summed E-state index contributed by atoms with van der Waals surface area (Å²) in [4.78, 5) is 22.5. The van der Waals surface area contributed by atoms with Gasteiger partial charge in [-0.1, -0.05) is 0 Å². The summed E-state index contributed by atoms with van der Waals surface area (Å²) in [5.74, 6) is 0.493. The van der Waals surface area contributed by atoms with Gasteiger partial charge < -0.3 is 15.0 Å². The minimum atomic E-state index is -1.07. The van der Waals surface area contributed by atoms with Crippen LogP contribution in [0.5, 0.6) is 0 Å². The molecule has 0 radical (unpaired) electrons. The van der Waals surface area contributed by atoms with Crippen LogP contribution >= 0.6 is 0 Å². The Morgan fingerprint density at radius 2 is 2.21 bits per heavy atom. The van der Waals surface area contributed by atoms with E-state index in [0.717, 1.165) is 25.3 Å². The second kappa shape index (κ2) is 5.94. The van der Waals surface area contributed by atoms with Crippen LogP contribution in [0, 0.1) is 6.92 Å². The Hall–Kier alpha value is -2.44. The molecule has 0 atom stereocenters. The van der Waals surface area contributed by atoms with Crippen LogP contribution in [0.15, 0.2) is 24.8 Å². The number of imidazole rings is 1. The first-order valence-electron chi connectivity index (χ1n) is 5.94. The summed E-state index contributed by atoms with van der Waals surface area (Å²) in [5, 5.41) is 11.8. The molecule has 100 valence electrons. The number of carbonyl (C=O) groups is 1. The van der Waals surface area contributed by atoms with Crippen molar-refractivity contribution in [1.29, 1.82) is 0 Å². The molecule has 7 nitrogen and oxygen atoms in total. The molecule has 0 saturated carbocycles. The molecular weight excluding hydrogens is 246 g/mol. The first kappa shape index (κ1) is 13.0. The first-order valence-corrected chi connectivity index (χ1v) is 5.94. The van der Waals surface area contributed by atoms with E-state index in [9.17, 15) is 4.79 Å². The molecule has 0 amide bonds. The van der Waals surface area contributed by atoms with Crippen molar-refractivity contribution in [3.05, 3.63) is 36.3 Å². The quantitative estimate of drug-likeness (QED) is 0.758. The number of aromatic nitrogens is 4. The highest BCUT2D eigenvalue weighted by Gasteiger charge is 2.04. The normalized spacial score (nSPS) is 10.4. The summed E-state index contributed by atoms with van der Waals surface area (Å²) in [5.41, 5.74) is -0.0559. The molecule has 2 N–H and O–H groups in total. The summed E-state index contributed by atoms with van der Waals surface area (Å²) < 4.78 is 2.07. The lowest BCUT2D eigenvalue weighted by Crippen LogP contribution is -2.09. The van der Waals surface area contributed by atoms with Gasteiger partial charge in [-0.25, -0.2) is 19.7 Å². The molecule has 2 aromatic rings. The van der Waals surface area contributed by atoms with E-state index >= 15 is 0 Å². The van der Waals surface area contributed by atoms with E-state index in [1.165, 1.54) is 12.4 Å². The Labute approximate surface area is 110 Å². The fraction of sp³-hybridized carbons (Fsp3) is 0.333. The molecule has 0 aliphatic heterocycles. The van der Waals surface area contributed by atoms with Crippen molar-refractivity contribution < 1.29 is 9.90 Å². The summed E-state index contributed by atoms with van der Waals surface area (Å²) >= 11 is 0. The number of nitrogens with zero attached hydrogens (tertiary/aromatic N) is 4. The number of rotatable bonds is 6. The maximum Gasteiger partial charge on any atom is 0.356 e. The predicted molar refractivity (Wildman–Crippen MR) is 69.1 cm³/mol. The van der Waals surface area contributed by atoms with Gasteiger partial charge in [-0.3, -0.25) is 0 Å². The van der Waals surface area contributed by atoms with Crippen LogP contribution in [-0.4, -0.2) is 37.1 Å². The third-order valence-electron chi connectivity index (χ3n) is 2.68. The summed E-state index contributed by atoms with van der Waals surface area (Å²) in [7, 11) is 0. The lowest BCUT2D eigenvalue weighted by Gasteiger charge is -2.07. The molecule has 0 bridgehead atoms. The molecule has 0 fully saturated rings. The predicted octanol–water partition coefficient (Wildman–Crippen LogP) is 1.18. The van der Waals surface area contributed by atoms with Crippen molar-refractivity contribution in [3.8, 4) is 0 Å². The molecule has 7 heteroatoms. The van der Waals surface area contributed by atoms with Gasteiger partial charge in [0, 0.05) is 25.5 Å². The molecule has 0 unspecified atom stereocenters. The molecule has 0 aromatic carbocycles. The highest BCUT2D eigenvalue weighted by molar-refractivity contribution is 5.84. The fourth-order valence-electron chi connectivity index (χ4n) is 1.64. The van der Waals surface area contributed by atoms with Crippen LogP contribution in [0.25, 0.3) is 0 Å². The maximum atomic E-state index is 10.6.